The van der Waals surface area contributed by atoms with E-state index in [0.29, 0.717) is 11.7 Å². The van der Waals surface area contributed by atoms with E-state index in [-0.39, 0.29) is 5.75 Å². The number of hydrazone groups is 1. The maximum absolute atomic E-state index is 9.73. The van der Waals surface area contributed by atoms with E-state index in [9.17, 15) is 5.11 Å². The molecule has 0 unspecified atom stereocenters. The summed E-state index contributed by atoms with van der Waals surface area (Å²) >= 11 is 0. The van der Waals surface area contributed by atoms with Crippen LogP contribution in [-0.4, -0.2) is 28.4 Å². The van der Waals surface area contributed by atoms with Gasteiger partial charge in [0.15, 0.2) is 11.5 Å². The van der Waals surface area contributed by atoms with Crippen LogP contribution in [0.4, 0.5) is 5.95 Å². The SMILES string of the molecule is COc1cc(C=NNc2nc(-c3ccccc3)cc(-c3ccc(C)cc3)n2)ccc1O. The number of phenols is 1. The van der Waals surface area contributed by atoms with Crippen LogP contribution < -0.4 is 10.2 Å². The van der Waals surface area contributed by atoms with E-state index in [1.807, 2.05) is 48.5 Å². The van der Waals surface area contributed by atoms with Crippen LogP contribution in [0.25, 0.3) is 22.5 Å². The summed E-state index contributed by atoms with van der Waals surface area (Å²) < 4.78 is 5.13. The molecule has 6 nitrogen and oxygen atoms in total. The summed E-state index contributed by atoms with van der Waals surface area (Å²) in [6, 6.07) is 25.1. The summed E-state index contributed by atoms with van der Waals surface area (Å²) in [4.78, 5) is 9.26. The molecular formula is C25H22N4O2. The van der Waals surface area contributed by atoms with Gasteiger partial charge in [-0.2, -0.15) is 5.10 Å². The molecule has 0 radical (unpaired) electrons. The molecule has 0 aliphatic rings. The van der Waals surface area contributed by atoms with Gasteiger partial charge in [0.05, 0.1) is 24.7 Å². The molecule has 0 atom stereocenters. The molecule has 31 heavy (non-hydrogen) atoms. The van der Waals surface area contributed by atoms with Crippen LogP contribution in [-0.2, 0) is 0 Å². The Balaban J connectivity index is 1.66. The molecule has 154 valence electrons. The van der Waals surface area contributed by atoms with Crippen molar-refractivity contribution in [2.24, 2.45) is 5.10 Å². The van der Waals surface area contributed by atoms with E-state index in [0.717, 1.165) is 28.1 Å². The molecular weight excluding hydrogens is 388 g/mol. The van der Waals surface area contributed by atoms with Gasteiger partial charge < -0.3 is 9.84 Å². The van der Waals surface area contributed by atoms with Gasteiger partial charge in [-0.05, 0) is 36.8 Å². The molecule has 0 saturated carbocycles. The minimum atomic E-state index is 0.0780. The Morgan fingerprint density at radius 1 is 0.871 bits per heavy atom. The van der Waals surface area contributed by atoms with Crippen molar-refractivity contribution >= 4 is 12.2 Å². The fourth-order valence-electron chi connectivity index (χ4n) is 3.07. The first-order chi connectivity index (χ1) is 15.1. The van der Waals surface area contributed by atoms with E-state index in [2.05, 4.69) is 39.6 Å². The van der Waals surface area contributed by atoms with Gasteiger partial charge in [-0.1, -0.05) is 60.2 Å². The first kappa shape index (κ1) is 20.1. The van der Waals surface area contributed by atoms with Crippen LogP contribution >= 0.6 is 0 Å². The zero-order valence-corrected chi connectivity index (χ0v) is 17.3. The predicted molar refractivity (Wildman–Crippen MR) is 124 cm³/mol. The number of hydrogen-bond donors (Lipinski definition) is 2. The molecule has 0 aliphatic carbocycles. The van der Waals surface area contributed by atoms with Crippen molar-refractivity contribution in [3.8, 4) is 34.0 Å². The predicted octanol–water partition coefficient (Wildman–Crippen LogP) is 5.28. The van der Waals surface area contributed by atoms with E-state index in [4.69, 9.17) is 4.74 Å². The Labute approximate surface area is 180 Å². The highest BCUT2D eigenvalue weighted by Crippen LogP contribution is 2.26. The first-order valence-corrected chi connectivity index (χ1v) is 9.80. The van der Waals surface area contributed by atoms with E-state index in [1.165, 1.54) is 12.7 Å². The van der Waals surface area contributed by atoms with Crippen molar-refractivity contribution < 1.29 is 9.84 Å². The molecule has 0 amide bonds. The summed E-state index contributed by atoms with van der Waals surface area (Å²) in [7, 11) is 1.50. The van der Waals surface area contributed by atoms with Crippen LogP contribution in [0.5, 0.6) is 11.5 Å². The number of anilines is 1. The lowest BCUT2D eigenvalue weighted by atomic mass is 10.1. The maximum atomic E-state index is 9.73. The number of aromatic nitrogens is 2. The fraction of sp³-hybridized carbons (Fsp3) is 0.0800. The Morgan fingerprint density at radius 2 is 1.55 bits per heavy atom. The molecule has 4 rings (SSSR count). The minimum Gasteiger partial charge on any atom is -0.504 e. The number of methoxy groups -OCH3 is 1. The zero-order chi connectivity index (χ0) is 21.6. The molecule has 0 saturated heterocycles. The third-order valence-electron chi connectivity index (χ3n) is 4.72. The van der Waals surface area contributed by atoms with Gasteiger partial charge in [-0.15, -0.1) is 0 Å². The second kappa shape index (κ2) is 9.09. The molecule has 3 aromatic carbocycles. The number of phenolic OH excluding ortho intramolecular Hbond substituents is 1. The lowest BCUT2D eigenvalue weighted by molar-refractivity contribution is 0.373. The molecule has 0 spiro atoms. The monoisotopic (exact) mass is 410 g/mol. The van der Waals surface area contributed by atoms with Crippen LogP contribution in [0, 0.1) is 6.92 Å². The number of rotatable bonds is 6. The van der Waals surface area contributed by atoms with E-state index in [1.54, 1.807) is 24.4 Å². The first-order valence-electron chi connectivity index (χ1n) is 9.80. The third-order valence-corrected chi connectivity index (χ3v) is 4.72. The molecule has 0 aliphatic heterocycles. The summed E-state index contributed by atoms with van der Waals surface area (Å²) in [6.07, 6.45) is 1.62. The number of nitrogens with zero attached hydrogens (tertiary/aromatic N) is 3. The average molecular weight is 410 g/mol. The van der Waals surface area contributed by atoms with Gasteiger partial charge in [-0.3, -0.25) is 0 Å². The van der Waals surface area contributed by atoms with Crippen molar-refractivity contribution in [1.82, 2.24) is 9.97 Å². The van der Waals surface area contributed by atoms with Crippen molar-refractivity contribution in [2.75, 3.05) is 12.5 Å². The minimum absolute atomic E-state index is 0.0780. The normalized spacial score (nSPS) is 10.9. The Kier molecular flexibility index (Phi) is 5.89. The van der Waals surface area contributed by atoms with Crippen LogP contribution in [0.15, 0.2) is 84.0 Å². The molecule has 1 aromatic heterocycles. The van der Waals surface area contributed by atoms with Crippen molar-refractivity contribution in [2.45, 2.75) is 6.92 Å². The Morgan fingerprint density at radius 3 is 2.23 bits per heavy atom. The van der Waals surface area contributed by atoms with Gasteiger partial charge >= 0.3 is 0 Å². The summed E-state index contributed by atoms with van der Waals surface area (Å²) in [5.41, 5.74) is 8.47. The summed E-state index contributed by atoms with van der Waals surface area (Å²) in [5, 5.41) is 14.0. The Bertz CT molecular complexity index is 1210. The van der Waals surface area contributed by atoms with Crippen LogP contribution in [0.3, 0.4) is 0 Å². The molecule has 2 N–H and O–H groups in total. The fourth-order valence-corrected chi connectivity index (χ4v) is 3.07. The number of aromatic hydroxyl groups is 1. The molecule has 4 aromatic rings. The Hall–Kier alpha value is -4.19. The number of nitrogens with one attached hydrogen (secondary N) is 1. The maximum Gasteiger partial charge on any atom is 0.244 e. The van der Waals surface area contributed by atoms with Crippen LogP contribution in [0.2, 0.25) is 0 Å². The van der Waals surface area contributed by atoms with Crippen molar-refractivity contribution in [3.05, 3.63) is 90.0 Å². The van der Waals surface area contributed by atoms with Gasteiger partial charge in [0.2, 0.25) is 5.95 Å². The van der Waals surface area contributed by atoms with Gasteiger partial charge in [0, 0.05) is 11.1 Å². The standard InChI is InChI=1S/C25H22N4O2/c1-17-8-11-20(12-9-17)22-15-21(19-6-4-3-5-7-19)27-25(28-22)29-26-16-18-10-13-23(30)24(14-18)31-2/h3-16,30H,1-2H3,(H,27,28,29). The van der Waals surface area contributed by atoms with Crippen molar-refractivity contribution in [1.29, 1.82) is 0 Å². The van der Waals surface area contributed by atoms with Gasteiger partial charge in [0.1, 0.15) is 0 Å². The summed E-state index contributed by atoms with van der Waals surface area (Å²) in [5.74, 6) is 0.848. The van der Waals surface area contributed by atoms with Gasteiger partial charge in [-0.25, -0.2) is 15.4 Å². The smallest absolute Gasteiger partial charge is 0.244 e. The molecule has 0 fully saturated rings. The lowest BCUT2D eigenvalue weighted by Crippen LogP contribution is -2.00. The topological polar surface area (TPSA) is 79.6 Å². The van der Waals surface area contributed by atoms with Gasteiger partial charge in [0.25, 0.3) is 0 Å². The van der Waals surface area contributed by atoms with E-state index >= 15 is 0 Å². The van der Waals surface area contributed by atoms with E-state index < -0.39 is 0 Å². The number of ether oxygens (including phenoxy) is 1. The number of benzene rings is 3. The van der Waals surface area contributed by atoms with Crippen LogP contribution in [0.1, 0.15) is 11.1 Å². The molecule has 6 heteroatoms. The highest BCUT2D eigenvalue weighted by atomic mass is 16.5. The molecule has 1 heterocycles. The third kappa shape index (κ3) is 4.87. The second-order valence-electron chi connectivity index (χ2n) is 7.00. The highest BCUT2D eigenvalue weighted by molar-refractivity contribution is 5.81. The average Bonchev–Trinajstić information content (AvgIpc) is 2.81. The largest absolute Gasteiger partial charge is 0.504 e. The van der Waals surface area contributed by atoms with Crippen molar-refractivity contribution in [3.63, 3.8) is 0 Å². The quantitative estimate of drug-likeness (QED) is 0.334. The second-order valence-corrected chi connectivity index (χ2v) is 7.00. The summed E-state index contributed by atoms with van der Waals surface area (Å²) in [6.45, 7) is 2.05. The lowest BCUT2D eigenvalue weighted by Gasteiger charge is -2.09. The number of hydrogen-bond acceptors (Lipinski definition) is 6. The highest BCUT2D eigenvalue weighted by Gasteiger charge is 2.08. The molecule has 0 bridgehead atoms. The number of aryl methyl sites for hydroxylation is 1. The zero-order valence-electron chi connectivity index (χ0n) is 17.3.